The number of fused-ring (bicyclic) bond motifs is 1. The number of ether oxygens (including phenoxy) is 1. The van der Waals surface area contributed by atoms with Crippen LogP contribution in [0.1, 0.15) is 21.5 Å². The van der Waals surface area contributed by atoms with Crippen LogP contribution in [-0.4, -0.2) is 35.2 Å². The summed E-state index contributed by atoms with van der Waals surface area (Å²) in [5, 5.41) is 24.0. The summed E-state index contributed by atoms with van der Waals surface area (Å²) >= 11 is 3.35. The largest absolute Gasteiger partial charge is 0.504 e. The molecule has 7 nitrogen and oxygen atoms in total. The number of halogens is 1. The first-order chi connectivity index (χ1) is 13.0. The molecule has 0 saturated heterocycles. The highest BCUT2D eigenvalue weighted by Gasteiger charge is 2.27. The highest BCUT2D eigenvalue weighted by molar-refractivity contribution is 9.10. The van der Waals surface area contributed by atoms with Crippen LogP contribution in [-0.2, 0) is 11.3 Å². The van der Waals surface area contributed by atoms with Crippen LogP contribution in [0.2, 0.25) is 0 Å². The number of nitrogens with one attached hydrogen (secondary N) is 2. The third kappa shape index (κ3) is 4.29. The smallest absolute Gasteiger partial charge is 0.260 e. The Bertz CT molecular complexity index is 926. The average molecular weight is 433 g/mol. The van der Waals surface area contributed by atoms with Crippen LogP contribution in [0.4, 0.5) is 0 Å². The predicted octanol–water partition coefficient (Wildman–Crippen LogP) is 1.93. The van der Waals surface area contributed by atoms with Crippen molar-refractivity contribution in [3.8, 4) is 11.5 Å². The van der Waals surface area contributed by atoms with Gasteiger partial charge in [-0.05, 0) is 35.9 Å². The van der Waals surface area contributed by atoms with E-state index in [1.807, 2.05) is 0 Å². The predicted molar refractivity (Wildman–Crippen MR) is 102 cm³/mol. The Morgan fingerprint density at radius 1 is 1.11 bits per heavy atom. The summed E-state index contributed by atoms with van der Waals surface area (Å²) in [7, 11) is 0. The Kier molecular flexibility index (Phi) is 5.78. The normalized spacial score (nSPS) is 14.7. The first-order valence-corrected chi connectivity index (χ1v) is 8.93. The van der Waals surface area contributed by atoms with Gasteiger partial charge in [0.1, 0.15) is 6.61 Å². The van der Waals surface area contributed by atoms with E-state index in [1.54, 1.807) is 36.5 Å². The summed E-state index contributed by atoms with van der Waals surface area (Å²) in [6.07, 6.45) is 1.54. The van der Waals surface area contributed by atoms with Crippen molar-refractivity contribution in [1.29, 1.82) is 0 Å². The number of benzene rings is 2. The molecule has 140 valence electrons. The van der Waals surface area contributed by atoms with E-state index < -0.39 is 11.8 Å². The molecule has 0 atom stereocenters. The minimum atomic E-state index is -0.478. The Hall–Kier alpha value is -2.84. The van der Waals surface area contributed by atoms with E-state index in [-0.39, 0.29) is 24.7 Å². The van der Waals surface area contributed by atoms with Gasteiger partial charge in [-0.2, -0.15) is 0 Å². The van der Waals surface area contributed by atoms with Gasteiger partial charge >= 0.3 is 0 Å². The van der Waals surface area contributed by atoms with Crippen molar-refractivity contribution in [2.24, 2.45) is 0 Å². The number of amides is 2. The third-order valence-electron chi connectivity index (χ3n) is 3.91. The topological polar surface area (TPSA) is 108 Å². The van der Waals surface area contributed by atoms with Crippen LogP contribution < -0.4 is 15.4 Å². The molecule has 0 spiro atoms. The summed E-state index contributed by atoms with van der Waals surface area (Å²) in [4.78, 5) is 24.1. The molecule has 3 rings (SSSR count). The van der Waals surface area contributed by atoms with Crippen molar-refractivity contribution < 1.29 is 24.5 Å². The van der Waals surface area contributed by atoms with Gasteiger partial charge in [-0.1, -0.05) is 22.0 Å². The van der Waals surface area contributed by atoms with E-state index in [0.29, 0.717) is 23.2 Å². The van der Waals surface area contributed by atoms with Gasteiger partial charge in [-0.15, -0.1) is 0 Å². The molecule has 1 aliphatic rings. The monoisotopic (exact) mass is 432 g/mol. The Balaban J connectivity index is 1.76. The fraction of sp³-hybridized carbons (Fsp3) is 0.158. The second-order valence-electron chi connectivity index (χ2n) is 5.79. The van der Waals surface area contributed by atoms with Crippen molar-refractivity contribution in [3.05, 3.63) is 63.8 Å². The summed E-state index contributed by atoms with van der Waals surface area (Å²) in [6.45, 7) is 0.306. The van der Waals surface area contributed by atoms with Crippen LogP contribution >= 0.6 is 15.9 Å². The molecule has 27 heavy (non-hydrogen) atoms. The van der Waals surface area contributed by atoms with Crippen LogP contribution in [0.3, 0.4) is 0 Å². The van der Waals surface area contributed by atoms with Crippen molar-refractivity contribution in [2.45, 2.75) is 6.54 Å². The van der Waals surface area contributed by atoms with Crippen LogP contribution in [0.15, 0.2) is 47.1 Å². The summed E-state index contributed by atoms with van der Waals surface area (Å²) in [5.41, 5.74) is 2.08. The van der Waals surface area contributed by atoms with Gasteiger partial charge in [0.2, 0.25) is 0 Å². The van der Waals surface area contributed by atoms with Gasteiger partial charge in [0, 0.05) is 28.3 Å². The first-order valence-electron chi connectivity index (χ1n) is 8.14. The molecule has 2 aromatic rings. The number of aliphatic hydroxyl groups is 1. The van der Waals surface area contributed by atoms with E-state index in [9.17, 15) is 14.7 Å². The molecule has 8 heteroatoms. The average Bonchev–Trinajstić information content (AvgIpc) is 2.63. The molecular formula is C19H17BrN2O5. The number of hydrogen-bond donors (Lipinski definition) is 4. The Labute approximate surface area is 163 Å². The van der Waals surface area contributed by atoms with Gasteiger partial charge in [-0.3, -0.25) is 14.9 Å². The summed E-state index contributed by atoms with van der Waals surface area (Å²) < 4.78 is 5.96. The van der Waals surface area contributed by atoms with E-state index in [0.717, 1.165) is 10.0 Å². The number of phenolic OH excluding ortho intramolecular Hbond substituents is 1. The van der Waals surface area contributed by atoms with Gasteiger partial charge in [0.05, 0.1) is 12.2 Å². The second kappa shape index (κ2) is 8.24. The molecule has 0 fully saturated rings. The Morgan fingerprint density at radius 3 is 2.67 bits per heavy atom. The number of rotatable bonds is 6. The number of imide groups is 1. The molecular weight excluding hydrogens is 416 g/mol. The minimum absolute atomic E-state index is 0.0364. The van der Waals surface area contributed by atoms with Crippen molar-refractivity contribution in [3.63, 3.8) is 0 Å². The number of aliphatic hydroxyl groups excluding tert-OH is 1. The van der Waals surface area contributed by atoms with E-state index in [1.165, 1.54) is 6.07 Å². The number of hydrogen-bond acceptors (Lipinski definition) is 6. The lowest BCUT2D eigenvalue weighted by Crippen LogP contribution is -2.37. The zero-order valence-electron chi connectivity index (χ0n) is 14.2. The zero-order chi connectivity index (χ0) is 19.4. The highest BCUT2D eigenvalue weighted by Crippen LogP contribution is 2.28. The minimum Gasteiger partial charge on any atom is -0.504 e. The fourth-order valence-corrected chi connectivity index (χ4v) is 3.02. The number of carbonyl (C=O) groups excluding carboxylic acids is 2. The lowest BCUT2D eigenvalue weighted by atomic mass is 9.95. The highest BCUT2D eigenvalue weighted by atomic mass is 79.9. The summed E-state index contributed by atoms with van der Waals surface area (Å²) in [5.74, 6) is -0.655. The molecule has 1 heterocycles. The standard InChI is InChI=1S/C19H17BrN2O5/c20-12-2-3-13-14(8-12)15(19(26)22-18(13)25)10-21-9-11-1-4-17(16(24)7-11)27-6-5-23/h1-4,7-8,10,21,23-24H,5-6,9H2,(H,22,25,26). The lowest BCUT2D eigenvalue weighted by Gasteiger charge is -2.18. The van der Waals surface area contributed by atoms with Crippen molar-refractivity contribution in [2.75, 3.05) is 13.2 Å². The molecule has 2 aromatic carbocycles. The van der Waals surface area contributed by atoms with E-state index >= 15 is 0 Å². The van der Waals surface area contributed by atoms with Gasteiger partial charge in [0.15, 0.2) is 11.5 Å². The fourth-order valence-electron chi connectivity index (χ4n) is 2.66. The molecule has 0 bridgehead atoms. The maximum atomic E-state index is 12.2. The lowest BCUT2D eigenvalue weighted by molar-refractivity contribution is -0.114. The van der Waals surface area contributed by atoms with Crippen LogP contribution in [0, 0.1) is 0 Å². The van der Waals surface area contributed by atoms with Crippen LogP contribution in [0.25, 0.3) is 5.57 Å². The van der Waals surface area contributed by atoms with Gasteiger partial charge in [-0.25, -0.2) is 0 Å². The molecule has 0 aliphatic carbocycles. The van der Waals surface area contributed by atoms with Crippen LogP contribution in [0.5, 0.6) is 11.5 Å². The number of phenols is 1. The van der Waals surface area contributed by atoms with Gasteiger partial charge in [0.25, 0.3) is 11.8 Å². The first kappa shape index (κ1) is 18.9. The van der Waals surface area contributed by atoms with Crippen molar-refractivity contribution in [1.82, 2.24) is 10.6 Å². The summed E-state index contributed by atoms with van der Waals surface area (Å²) in [6, 6.07) is 10.0. The molecule has 0 unspecified atom stereocenters. The maximum Gasteiger partial charge on any atom is 0.260 e. The second-order valence-corrected chi connectivity index (χ2v) is 6.70. The molecule has 0 aromatic heterocycles. The molecule has 2 amide bonds. The third-order valence-corrected chi connectivity index (χ3v) is 4.41. The zero-order valence-corrected chi connectivity index (χ0v) is 15.7. The maximum absolute atomic E-state index is 12.2. The number of aromatic hydroxyl groups is 1. The SMILES string of the molecule is O=C1NC(=O)c2ccc(Br)cc2C1=CNCc1ccc(OCCO)c(O)c1. The molecule has 0 radical (unpaired) electrons. The van der Waals surface area contributed by atoms with Gasteiger partial charge < -0.3 is 20.3 Å². The molecule has 1 aliphatic heterocycles. The molecule has 4 N–H and O–H groups in total. The van der Waals surface area contributed by atoms with Crippen molar-refractivity contribution >= 4 is 33.3 Å². The van der Waals surface area contributed by atoms with E-state index in [4.69, 9.17) is 9.84 Å². The quantitative estimate of drug-likeness (QED) is 0.410. The van der Waals surface area contributed by atoms with E-state index in [2.05, 4.69) is 26.6 Å². The Morgan fingerprint density at radius 2 is 1.93 bits per heavy atom. The molecule has 0 saturated carbocycles. The number of carbonyl (C=O) groups is 2.